The highest BCUT2D eigenvalue weighted by Gasteiger charge is 2.60. The number of rotatable bonds is 42. The molecule has 0 bridgehead atoms. The van der Waals surface area contributed by atoms with E-state index in [-0.39, 0.29) is 102 Å². The monoisotopic (exact) mass is 1860 g/mol. The van der Waals surface area contributed by atoms with Crippen molar-refractivity contribution in [1.82, 2.24) is 79.9 Å². The van der Waals surface area contributed by atoms with E-state index >= 15 is 0 Å². The van der Waals surface area contributed by atoms with Crippen molar-refractivity contribution in [2.24, 2.45) is 0 Å². The molecule has 6 aliphatic rings. The van der Waals surface area contributed by atoms with Crippen LogP contribution in [0.5, 0.6) is 0 Å². The molecule has 10 atom stereocenters. The van der Waals surface area contributed by atoms with Crippen molar-refractivity contribution in [2.45, 2.75) is 293 Å². The summed E-state index contributed by atoms with van der Waals surface area (Å²) in [5.74, 6) is -0.516. The first-order valence-electron chi connectivity index (χ1n) is 42.4. The minimum atomic E-state index is -3.18. The first-order valence-corrected chi connectivity index (χ1v) is 55.8. The molecule has 2 aliphatic carbocycles. The maximum Gasteiger partial charge on any atom is 0.416 e. The fourth-order valence-corrected chi connectivity index (χ4v) is 19.4. The summed E-state index contributed by atoms with van der Waals surface area (Å²) in [7, 11) is -5.77. The second-order valence-electron chi connectivity index (χ2n) is 38.3. The number of carbonyl (C=O) groups excluding carboxylic acids is 2. The van der Waals surface area contributed by atoms with Crippen molar-refractivity contribution in [3.63, 3.8) is 0 Å². The molecule has 12 rings (SSSR count). The molecule has 6 aromatic rings. The normalized spacial score (nSPS) is 23.0. The number of amides is 2. The van der Waals surface area contributed by atoms with E-state index < -0.39 is 125 Å². The Morgan fingerprint density at radius 2 is 0.871 bits per heavy atom. The Labute approximate surface area is 737 Å². The Hall–Kier alpha value is -5.39. The van der Waals surface area contributed by atoms with Gasteiger partial charge in [0.2, 0.25) is 10.6 Å². The number of carbonyl (C=O) groups is 2. The van der Waals surface area contributed by atoms with Crippen molar-refractivity contribution in [1.29, 1.82) is 0 Å². The Morgan fingerprint density at radius 3 is 1.21 bits per heavy atom. The number of fused-ring (bicyclic) bond motifs is 4. The molecule has 124 heavy (non-hydrogen) atoms. The van der Waals surface area contributed by atoms with Crippen LogP contribution in [0.4, 0.5) is 21.2 Å². The van der Waals surface area contributed by atoms with Gasteiger partial charge in [0.1, 0.15) is 88.8 Å². The standard InChI is InChI=1S/2C39H65ClN9O11PSi/c2*1-37(2,3)60-36(50)48(26-14-12-13-15-26)32-27-20-41-49(33(27)43-35(40)42-32)34-31-30(58-38(4,5)59-31)28(57-34)21-56-39(61(7,8)51,23-53-17-16-52-6)24-55-22-29-44-45-46-47(29)25-54-18-19-62(9,10)11/h2*20,26,28,30-31,34H,12-19,21-25H2,1-11H3/t28-,30-,31-,34-,39+;28-,30-,31-,34-,39-/m11/s1. The summed E-state index contributed by atoms with van der Waals surface area (Å²) in [6.45, 7) is 40.5. The van der Waals surface area contributed by atoms with Crippen molar-refractivity contribution in [3.05, 3.63) is 34.6 Å². The highest BCUT2D eigenvalue weighted by molar-refractivity contribution is 7.64. The number of hydrogen-bond acceptors (Lipinski definition) is 34. The molecule has 10 heterocycles. The zero-order valence-electron chi connectivity index (χ0n) is 76.0. The van der Waals surface area contributed by atoms with E-state index in [2.05, 4.69) is 90.3 Å². The minimum absolute atomic E-state index is 0.00369. The number of halogens is 2. The van der Waals surface area contributed by atoms with Crippen LogP contribution < -0.4 is 9.80 Å². The summed E-state index contributed by atoms with van der Waals surface area (Å²) < 4.78 is 146. The second-order valence-corrected chi connectivity index (χ2v) is 57.3. The Bertz CT molecular complexity index is 4320. The topological polar surface area (TPSA) is 415 Å². The summed E-state index contributed by atoms with van der Waals surface area (Å²) >= 11 is 13.3. The first kappa shape index (κ1) is 99.2. The van der Waals surface area contributed by atoms with Crippen LogP contribution in [0.3, 0.4) is 0 Å². The number of nitrogens with zero attached hydrogens (tertiary/aromatic N) is 18. The number of aromatic nitrogens is 16. The van der Waals surface area contributed by atoms with Crippen LogP contribution in [-0.2, 0) is 121 Å². The summed E-state index contributed by atoms with van der Waals surface area (Å²) in [4.78, 5) is 49.1. The van der Waals surface area contributed by atoms with Gasteiger partial charge in [-0.3, -0.25) is 9.80 Å². The van der Waals surface area contributed by atoms with Crippen LogP contribution in [0, 0.1) is 0 Å². The number of tetrazole rings is 2. The molecule has 0 aromatic carbocycles. The van der Waals surface area contributed by atoms with Gasteiger partial charge in [-0.2, -0.15) is 30.1 Å². The predicted octanol–water partition coefficient (Wildman–Crippen LogP) is 12.2. The highest BCUT2D eigenvalue weighted by Crippen LogP contribution is 2.56. The largest absolute Gasteiger partial charge is 0.443 e. The van der Waals surface area contributed by atoms with E-state index in [4.69, 9.17) is 119 Å². The van der Waals surface area contributed by atoms with Gasteiger partial charge in [0.05, 0.1) is 89.2 Å². The third-order valence-electron chi connectivity index (χ3n) is 21.8. The number of methoxy groups -OCH3 is 2. The van der Waals surface area contributed by atoms with Crippen LogP contribution in [0.2, 0.25) is 61.9 Å². The average Bonchev–Trinajstić information content (AvgIpc) is 1.58. The molecule has 0 spiro atoms. The Kier molecular flexibility index (Phi) is 33.1. The van der Waals surface area contributed by atoms with Gasteiger partial charge in [0.25, 0.3) is 0 Å². The van der Waals surface area contributed by atoms with Gasteiger partial charge >= 0.3 is 12.2 Å². The van der Waals surface area contributed by atoms with Crippen LogP contribution in [0.15, 0.2) is 12.4 Å². The molecular weight excluding hydrogens is 1730 g/mol. The molecule has 0 radical (unpaired) electrons. The van der Waals surface area contributed by atoms with Gasteiger partial charge in [-0.1, -0.05) is 65.0 Å². The van der Waals surface area contributed by atoms with Crippen molar-refractivity contribution in [3.8, 4) is 0 Å². The fraction of sp³-hybridized carbons (Fsp3) is 0.821. The lowest BCUT2D eigenvalue weighted by molar-refractivity contribution is -0.209. The zero-order valence-corrected chi connectivity index (χ0v) is 81.3. The molecule has 2 saturated carbocycles. The maximum absolute atomic E-state index is 14.3. The van der Waals surface area contributed by atoms with E-state index in [1.807, 2.05) is 69.2 Å². The summed E-state index contributed by atoms with van der Waals surface area (Å²) in [5, 5.41) is 31.4. The van der Waals surface area contributed by atoms with Crippen molar-refractivity contribution in [2.75, 3.05) is 130 Å². The smallest absolute Gasteiger partial charge is 0.416 e. The quantitative estimate of drug-likeness (QED) is 0.0149. The van der Waals surface area contributed by atoms with Gasteiger partial charge < -0.3 is 94.4 Å². The predicted molar refractivity (Wildman–Crippen MR) is 463 cm³/mol. The van der Waals surface area contributed by atoms with Gasteiger partial charge in [0, 0.05) is 55.7 Å². The lowest BCUT2D eigenvalue weighted by atomic mass is 10.1. The Balaban J connectivity index is 0.000000241. The lowest BCUT2D eigenvalue weighted by Crippen LogP contribution is -2.46. The van der Waals surface area contributed by atoms with E-state index in [0.717, 1.165) is 63.5 Å². The van der Waals surface area contributed by atoms with Gasteiger partial charge in [0.15, 0.2) is 69.3 Å². The van der Waals surface area contributed by atoms with E-state index in [1.165, 1.54) is 9.36 Å². The third-order valence-corrected chi connectivity index (χ3v) is 30.3. The third kappa shape index (κ3) is 25.6. The number of hydrogen-bond donors (Lipinski definition) is 0. The fourth-order valence-electron chi connectivity index (χ4n) is 15.2. The summed E-state index contributed by atoms with van der Waals surface area (Å²) in [6, 6.07) is 1.72. The molecule has 4 saturated heterocycles. The first-order chi connectivity index (χ1) is 58.2. The molecular formula is C78H130Cl2N18O22P2Si2. The SMILES string of the molecule is COCCOC[C@@](COCc1nnnn1COCC[Si](C)(C)C)(OC[C@H]1O[C@@H](n2ncc3c(N(C(=O)OC(C)(C)C)C4CCCC4)nc(Cl)nc32)[C@@H]2OC(C)(C)O[C@@H]21)P(C)(C)=O.COCCOC[C@](COCc1nnnn1COCC[Si](C)(C)C)(OC[C@H]1O[C@@H](n2ncc3c(N(C(=O)OC(C)(C)C)C4CCCC4)nc(Cl)nc32)[C@@H]2OC(C)(C)O[C@@H]21)P(C)(C)=O. The zero-order chi connectivity index (χ0) is 90.2. The van der Waals surface area contributed by atoms with Crippen molar-refractivity contribution >= 4 is 99.5 Å². The van der Waals surface area contributed by atoms with Crippen LogP contribution in [0.1, 0.15) is 145 Å². The van der Waals surface area contributed by atoms with Gasteiger partial charge in [-0.05, 0) is 178 Å². The molecule has 696 valence electrons. The lowest BCUT2D eigenvalue weighted by Gasteiger charge is -2.38. The summed E-state index contributed by atoms with van der Waals surface area (Å²) in [6.07, 6.45) is 3.24. The van der Waals surface area contributed by atoms with Crippen LogP contribution in [0.25, 0.3) is 22.1 Å². The average molecular weight is 1860 g/mol. The van der Waals surface area contributed by atoms with Crippen LogP contribution >= 0.6 is 37.5 Å². The van der Waals surface area contributed by atoms with E-state index in [1.54, 1.807) is 72.4 Å². The molecule has 46 heteroatoms. The van der Waals surface area contributed by atoms with E-state index in [9.17, 15) is 18.7 Å². The molecule has 4 aliphatic heterocycles. The molecule has 0 unspecified atom stereocenters. The van der Waals surface area contributed by atoms with Crippen LogP contribution in [-0.4, -0.2) is 311 Å². The summed E-state index contributed by atoms with van der Waals surface area (Å²) in [5.41, 5.74) is -0.827. The van der Waals surface area contributed by atoms with Gasteiger partial charge in [-0.25, -0.2) is 28.3 Å². The number of anilines is 2. The Morgan fingerprint density at radius 1 is 0.516 bits per heavy atom. The van der Waals surface area contributed by atoms with Gasteiger partial charge in [-0.15, -0.1) is 10.2 Å². The molecule has 6 aromatic heterocycles. The molecule has 6 fully saturated rings. The van der Waals surface area contributed by atoms with E-state index in [0.29, 0.717) is 71.8 Å². The minimum Gasteiger partial charge on any atom is -0.443 e. The molecule has 2 amide bonds. The molecule has 0 N–H and O–H groups in total. The highest BCUT2D eigenvalue weighted by atomic mass is 35.5. The number of ether oxygens (including phenoxy) is 18. The van der Waals surface area contributed by atoms with Crippen molar-refractivity contribution < 1.29 is 104 Å². The molecule has 40 nitrogen and oxygen atoms in total. The maximum atomic E-state index is 14.3. The second kappa shape index (κ2) is 41.4.